The molecule has 0 aromatic heterocycles. The molecule has 0 spiro atoms. The molecule has 0 atom stereocenters. The van der Waals surface area contributed by atoms with Gasteiger partial charge in [0.15, 0.2) is 0 Å². The lowest BCUT2D eigenvalue weighted by Gasteiger charge is -2.11. The van der Waals surface area contributed by atoms with Crippen LogP contribution in [0.25, 0.3) is 0 Å². The fraction of sp³-hybridized carbons (Fsp3) is 0.133. The third-order valence-corrected chi connectivity index (χ3v) is 2.87. The van der Waals surface area contributed by atoms with Crippen LogP contribution >= 0.6 is 0 Å². The van der Waals surface area contributed by atoms with Crippen LogP contribution in [0.2, 0.25) is 0 Å². The van der Waals surface area contributed by atoms with Gasteiger partial charge in [0.25, 0.3) is 0 Å². The van der Waals surface area contributed by atoms with Gasteiger partial charge in [-0.2, -0.15) is 0 Å². The number of benzene rings is 2. The van der Waals surface area contributed by atoms with Crippen molar-refractivity contribution in [1.82, 2.24) is 0 Å². The molecular weight excluding hydrogens is 259 g/mol. The minimum Gasteiger partial charge on any atom is -0.465 e. The van der Waals surface area contributed by atoms with Gasteiger partial charge in [-0.15, -0.1) is 0 Å². The van der Waals surface area contributed by atoms with E-state index in [-0.39, 0.29) is 5.82 Å². The highest BCUT2D eigenvalue weighted by atomic mass is 19.1. The molecule has 0 radical (unpaired) electrons. The van der Waals surface area contributed by atoms with Crippen molar-refractivity contribution >= 4 is 23.0 Å². The van der Waals surface area contributed by atoms with Crippen molar-refractivity contribution in [2.45, 2.75) is 6.92 Å². The maximum Gasteiger partial charge on any atom is 0.337 e. The second-order valence-electron chi connectivity index (χ2n) is 4.40. The summed E-state index contributed by atoms with van der Waals surface area (Å²) in [6.07, 6.45) is 0. The van der Waals surface area contributed by atoms with Crippen molar-refractivity contribution in [3.05, 3.63) is 53.3 Å². The number of methoxy groups -OCH3 is 1. The summed E-state index contributed by atoms with van der Waals surface area (Å²) in [5.74, 6) is -0.828. The smallest absolute Gasteiger partial charge is 0.337 e. The number of nitrogen functional groups attached to an aromatic ring is 1. The van der Waals surface area contributed by atoms with Gasteiger partial charge in [0.2, 0.25) is 0 Å². The first-order chi connectivity index (χ1) is 9.51. The zero-order chi connectivity index (χ0) is 14.7. The van der Waals surface area contributed by atoms with Crippen LogP contribution < -0.4 is 11.1 Å². The average molecular weight is 274 g/mol. The molecule has 2 aromatic rings. The van der Waals surface area contributed by atoms with Crippen molar-refractivity contribution in [1.29, 1.82) is 0 Å². The van der Waals surface area contributed by atoms with E-state index in [9.17, 15) is 9.18 Å². The van der Waals surface area contributed by atoms with Crippen molar-refractivity contribution in [3.63, 3.8) is 0 Å². The molecular formula is C15H15FN2O2. The third kappa shape index (κ3) is 2.88. The number of hydrogen-bond donors (Lipinski definition) is 2. The first kappa shape index (κ1) is 13.9. The number of rotatable bonds is 3. The van der Waals surface area contributed by atoms with E-state index < -0.39 is 5.97 Å². The zero-order valence-electron chi connectivity index (χ0n) is 11.2. The standard InChI is InChI=1S/C15H15FN2O2/c1-9-3-5-13(11(16)7-9)18-14-6-4-10(8-12(14)17)15(19)20-2/h3-8,18H,17H2,1-2H3. The maximum absolute atomic E-state index is 13.8. The number of ether oxygens (including phenoxy) is 1. The van der Waals surface area contributed by atoms with Crippen LogP contribution in [0.5, 0.6) is 0 Å². The molecule has 20 heavy (non-hydrogen) atoms. The third-order valence-electron chi connectivity index (χ3n) is 2.87. The van der Waals surface area contributed by atoms with Gasteiger partial charge in [-0.3, -0.25) is 0 Å². The molecule has 0 saturated heterocycles. The molecule has 104 valence electrons. The van der Waals surface area contributed by atoms with Crippen molar-refractivity contribution in [3.8, 4) is 0 Å². The zero-order valence-corrected chi connectivity index (χ0v) is 11.2. The number of anilines is 3. The quantitative estimate of drug-likeness (QED) is 0.666. The number of nitrogens with two attached hydrogens (primary N) is 1. The Morgan fingerprint density at radius 2 is 1.90 bits per heavy atom. The van der Waals surface area contributed by atoms with Crippen molar-refractivity contribution in [2.75, 3.05) is 18.2 Å². The first-order valence-electron chi connectivity index (χ1n) is 6.02. The van der Waals surface area contributed by atoms with Gasteiger partial charge in [0, 0.05) is 0 Å². The Morgan fingerprint density at radius 1 is 1.20 bits per heavy atom. The van der Waals surface area contributed by atoms with E-state index in [0.717, 1.165) is 5.56 Å². The van der Waals surface area contributed by atoms with Gasteiger partial charge in [0.05, 0.1) is 29.7 Å². The Bertz CT molecular complexity index is 656. The molecule has 0 aliphatic heterocycles. The second-order valence-corrected chi connectivity index (χ2v) is 4.40. The van der Waals surface area contributed by atoms with E-state index in [1.165, 1.54) is 19.2 Å². The lowest BCUT2D eigenvalue weighted by atomic mass is 10.1. The number of carbonyl (C=O) groups is 1. The second kappa shape index (κ2) is 5.61. The average Bonchev–Trinajstić information content (AvgIpc) is 2.42. The highest BCUT2D eigenvalue weighted by Crippen LogP contribution is 2.26. The molecule has 0 aliphatic rings. The van der Waals surface area contributed by atoms with E-state index in [0.29, 0.717) is 22.6 Å². The van der Waals surface area contributed by atoms with Gasteiger partial charge in [-0.1, -0.05) is 6.07 Å². The highest BCUT2D eigenvalue weighted by molar-refractivity contribution is 5.92. The predicted molar refractivity (Wildman–Crippen MR) is 76.6 cm³/mol. The summed E-state index contributed by atoms with van der Waals surface area (Å²) >= 11 is 0. The van der Waals surface area contributed by atoms with Crippen molar-refractivity contribution in [2.24, 2.45) is 0 Å². The molecule has 5 heteroatoms. The molecule has 0 fully saturated rings. The fourth-order valence-electron chi connectivity index (χ4n) is 1.79. The van der Waals surface area contributed by atoms with Gasteiger partial charge < -0.3 is 15.8 Å². The van der Waals surface area contributed by atoms with Crippen LogP contribution in [0, 0.1) is 12.7 Å². The highest BCUT2D eigenvalue weighted by Gasteiger charge is 2.09. The molecule has 0 saturated carbocycles. The number of hydrogen-bond acceptors (Lipinski definition) is 4. The Hall–Kier alpha value is -2.56. The number of nitrogens with one attached hydrogen (secondary N) is 1. The normalized spacial score (nSPS) is 10.2. The minimum atomic E-state index is -0.468. The molecule has 0 heterocycles. The molecule has 0 unspecified atom stereocenters. The van der Waals surface area contributed by atoms with Crippen LogP contribution in [0.4, 0.5) is 21.5 Å². The Morgan fingerprint density at radius 3 is 2.50 bits per heavy atom. The van der Waals surface area contributed by atoms with Crippen LogP contribution in [-0.2, 0) is 4.74 Å². The van der Waals surface area contributed by atoms with Gasteiger partial charge in [-0.05, 0) is 42.8 Å². The Kier molecular flexibility index (Phi) is 3.89. The molecule has 2 aromatic carbocycles. The van der Waals surface area contributed by atoms with E-state index in [1.54, 1.807) is 24.3 Å². The van der Waals surface area contributed by atoms with E-state index in [2.05, 4.69) is 10.1 Å². The minimum absolute atomic E-state index is 0.327. The largest absolute Gasteiger partial charge is 0.465 e. The topological polar surface area (TPSA) is 64.3 Å². The van der Waals surface area contributed by atoms with Crippen LogP contribution in [0.15, 0.2) is 36.4 Å². The number of esters is 1. The molecule has 3 N–H and O–H groups in total. The summed E-state index contributed by atoms with van der Waals surface area (Å²) in [7, 11) is 1.30. The molecule has 2 rings (SSSR count). The lowest BCUT2D eigenvalue weighted by Crippen LogP contribution is -2.04. The van der Waals surface area contributed by atoms with Crippen LogP contribution in [0.3, 0.4) is 0 Å². The predicted octanol–water partition coefficient (Wildman–Crippen LogP) is 3.25. The summed E-state index contributed by atoms with van der Waals surface area (Å²) in [6.45, 7) is 1.81. The number of carbonyl (C=O) groups excluding carboxylic acids is 1. The molecule has 4 nitrogen and oxygen atoms in total. The molecule has 0 aliphatic carbocycles. The van der Waals surface area contributed by atoms with E-state index in [4.69, 9.17) is 5.73 Å². The van der Waals surface area contributed by atoms with E-state index in [1.807, 2.05) is 6.92 Å². The molecule has 0 bridgehead atoms. The monoisotopic (exact) mass is 274 g/mol. The molecule has 0 amide bonds. The van der Waals surface area contributed by atoms with Gasteiger partial charge in [0.1, 0.15) is 5.82 Å². The van der Waals surface area contributed by atoms with Gasteiger partial charge in [-0.25, -0.2) is 9.18 Å². The van der Waals surface area contributed by atoms with Crippen molar-refractivity contribution < 1.29 is 13.9 Å². The summed E-state index contributed by atoms with van der Waals surface area (Å²) in [4.78, 5) is 11.4. The summed E-state index contributed by atoms with van der Waals surface area (Å²) in [6, 6.07) is 9.53. The maximum atomic E-state index is 13.8. The van der Waals surface area contributed by atoms with Gasteiger partial charge >= 0.3 is 5.97 Å². The summed E-state index contributed by atoms with van der Waals surface area (Å²) in [5.41, 5.74) is 8.23. The Balaban J connectivity index is 2.28. The summed E-state index contributed by atoms with van der Waals surface area (Å²) in [5, 5.41) is 2.90. The summed E-state index contributed by atoms with van der Waals surface area (Å²) < 4.78 is 18.4. The fourth-order valence-corrected chi connectivity index (χ4v) is 1.79. The SMILES string of the molecule is COC(=O)c1ccc(Nc2ccc(C)cc2F)c(N)c1. The Labute approximate surface area is 116 Å². The lowest BCUT2D eigenvalue weighted by molar-refractivity contribution is 0.0601. The van der Waals surface area contributed by atoms with E-state index >= 15 is 0 Å². The number of halogens is 1. The van der Waals surface area contributed by atoms with Crippen LogP contribution in [0.1, 0.15) is 15.9 Å². The van der Waals surface area contributed by atoms with Crippen LogP contribution in [-0.4, -0.2) is 13.1 Å². The number of aryl methyl sites for hydroxylation is 1. The first-order valence-corrected chi connectivity index (χ1v) is 6.02.